The summed E-state index contributed by atoms with van der Waals surface area (Å²) in [6.07, 6.45) is 17.8. The maximum absolute atomic E-state index is 12.6. The van der Waals surface area contributed by atoms with Crippen LogP contribution in [0.2, 0.25) is 5.02 Å². The van der Waals surface area contributed by atoms with Gasteiger partial charge < -0.3 is 19.7 Å². The summed E-state index contributed by atoms with van der Waals surface area (Å²) in [5, 5.41) is 5.61. The Balaban J connectivity index is 1.30. The van der Waals surface area contributed by atoms with Crippen molar-refractivity contribution in [3.8, 4) is 11.5 Å². The molecule has 0 bridgehead atoms. The molecule has 2 aromatic carbocycles. The van der Waals surface area contributed by atoms with Gasteiger partial charge in [0.15, 0.2) is 6.61 Å². The van der Waals surface area contributed by atoms with Gasteiger partial charge in [-0.1, -0.05) is 107 Å². The fourth-order valence-electron chi connectivity index (χ4n) is 4.55. The van der Waals surface area contributed by atoms with E-state index in [4.69, 9.17) is 21.1 Å². The molecule has 0 saturated carbocycles. The predicted molar refractivity (Wildman–Crippen MR) is 166 cm³/mol. The SMILES string of the molecule is CCCCCCCCCCCCCCOc1cc(OCC(=O)Nc2ccccc2CN2C=CSC2)ccc1Cl. The van der Waals surface area contributed by atoms with Gasteiger partial charge in [0.1, 0.15) is 11.5 Å². The van der Waals surface area contributed by atoms with Crippen molar-refractivity contribution in [3.63, 3.8) is 0 Å². The number of para-hydroxylation sites is 1. The van der Waals surface area contributed by atoms with Gasteiger partial charge in [0.25, 0.3) is 5.91 Å². The maximum atomic E-state index is 12.6. The summed E-state index contributed by atoms with van der Waals surface area (Å²) >= 11 is 8.09. The molecule has 3 rings (SSSR count). The van der Waals surface area contributed by atoms with E-state index >= 15 is 0 Å². The van der Waals surface area contributed by atoms with Crippen LogP contribution >= 0.6 is 23.4 Å². The van der Waals surface area contributed by atoms with Crippen molar-refractivity contribution >= 4 is 35.0 Å². The highest BCUT2D eigenvalue weighted by Gasteiger charge is 2.12. The quantitative estimate of drug-likeness (QED) is 0.160. The number of amides is 1. The minimum atomic E-state index is -0.206. The smallest absolute Gasteiger partial charge is 0.262 e. The normalized spacial score (nSPS) is 12.6. The van der Waals surface area contributed by atoms with Crippen molar-refractivity contribution < 1.29 is 14.3 Å². The van der Waals surface area contributed by atoms with Crippen molar-refractivity contribution in [1.82, 2.24) is 4.90 Å². The van der Waals surface area contributed by atoms with Gasteiger partial charge in [-0.15, -0.1) is 11.8 Å². The summed E-state index contributed by atoms with van der Waals surface area (Å²) in [4.78, 5) is 14.8. The van der Waals surface area contributed by atoms with E-state index in [0.29, 0.717) is 23.1 Å². The minimum absolute atomic E-state index is 0.0897. The molecule has 214 valence electrons. The molecule has 0 spiro atoms. The number of hydrogen-bond donors (Lipinski definition) is 1. The first-order valence-electron chi connectivity index (χ1n) is 14.6. The lowest BCUT2D eigenvalue weighted by Crippen LogP contribution is -2.22. The Morgan fingerprint density at radius 1 is 0.923 bits per heavy atom. The number of thioether (sulfide) groups is 1. The average Bonchev–Trinajstić information content (AvgIpc) is 3.46. The van der Waals surface area contributed by atoms with E-state index in [-0.39, 0.29) is 12.5 Å². The Morgan fingerprint density at radius 3 is 2.31 bits per heavy atom. The molecule has 1 amide bonds. The van der Waals surface area contributed by atoms with E-state index in [1.807, 2.05) is 24.3 Å². The van der Waals surface area contributed by atoms with Gasteiger partial charge in [0, 0.05) is 24.5 Å². The zero-order valence-electron chi connectivity index (χ0n) is 23.5. The molecule has 1 N–H and O–H groups in total. The highest BCUT2D eigenvalue weighted by Crippen LogP contribution is 2.29. The van der Waals surface area contributed by atoms with Crippen LogP contribution < -0.4 is 14.8 Å². The van der Waals surface area contributed by atoms with Crippen LogP contribution in [0.1, 0.15) is 89.5 Å². The predicted octanol–water partition coefficient (Wildman–Crippen LogP) is 9.41. The molecule has 0 fully saturated rings. The zero-order valence-corrected chi connectivity index (χ0v) is 25.0. The fourth-order valence-corrected chi connectivity index (χ4v) is 5.44. The molecule has 0 unspecified atom stereocenters. The molecule has 1 heterocycles. The lowest BCUT2D eigenvalue weighted by molar-refractivity contribution is -0.118. The average molecular weight is 573 g/mol. The Labute approximate surface area is 244 Å². The highest BCUT2D eigenvalue weighted by atomic mass is 35.5. The van der Waals surface area contributed by atoms with Gasteiger partial charge in [0.2, 0.25) is 0 Å². The molecule has 0 atom stereocenters. The number of ether oxygens (including phenoxy) is 2. The third kappa shape index (κ3) is 12.6. The van der Waals surface area contributed by atoms with Crippen molar-refractivity contribution in [3.05, 3.63) is 64.7 Å². The lowest BCUT2D eigenvalue weighted by atomic mass is 10.1. The van der Waals surface area contributed by atoms with Crippen LogP contribution in [0.25, 0.3) is 0 Å². The topological polar surface area (TPSA) is 50.8 Å². The van der Waals surface area contributed by atoms with Gasteiger partial charge in [0.05, 0.1) is 17.5 Å². The maximum Gasteiger partial charge on any atom is 0.262 e. The first-order valence-corrected chi connectivity index (χ1v) is 16.0. The number of rotatable bonds is 20. The van der Waals surface area contributed by atoms with Crippen molar-refractivity contribution in [2.45, 2.75) is 90.5 Å². The second-order valence-corrected chi connectivity index (χ2v) is 11.4. The van der Waals surface area contributed by atoms with Crippen LogP contribution in [0.3, 0.4) is 0 Å². The number of halogens is 1. The van der Waals surface area contributed by atoms with Crippen LogP contribution in [-0.4, -0.2) is 29.9 Å². The summed E-state index contributed by atoms with van der Waals surface area (Å²) in [5.41, 5.74) is 1.87. The molecule has 2 aromatic rings. The molecule has 0 saturated heterocycles. The molecular formula is C32H45ClN2O3S. The fraction of sp³-hybridized carbons (Fsp3) is 0.531. The molecule has 1 aliphatic rings. The number of nitrogens with one attached hydrogen (secondary N) is 1. The molecule has 0 aromatic heterocycles. The third-order valence-corrected chi connectivity index (χ3v) is 7.91. The number of carbonyl (C=O) groups is 1. The summed E-state index contributed by atoms with van der Waals surface area (Å²) in [7, 11) is 0. The number of nitrogens with zero attached hydrogens (tertiary/aromatic N) is 1. The summed E-state index contributed by atoms with van der Waals surface area (Å²) in [6.45, 7) is 3.55. The van der Waals surface area contributed by atoms with E-state index in [2.05, 4.69) is 28.7 Å². The largest absolute Gasteiger partial charge is 0.492 e. The van der Waals surface area contributed by atoms with Crippen LogP contribution in [0.15, 0.2) is 54.1 Å². The van der Waals surface area contributed by atoms with Crippen LogP contribution in [0.4, 0.5) is 5.69 Å². The van der Waals surface area contributed by atoms with Crippen LogP contribution in [0, 0.1) is 0 Å². The van der Waals surface area contributed by atoms with E-state index in [0.717, 1.165) is 30.1 Å². The van der Waals surface area contributed by atoms with Crippen molar-refractivity contribution in [2.24, 2.45) is 0 Å². The lowest BCUT2D eigenvalue weighted by Gasteiger charge is -2.18. The second kappa shape index (κ2) is 18.9. The first-order chi connectivity index (χ1) is 19.2. The van der Waals surface area contributed by atoms with E-state index < -0.39 is 0 Å². The number of unbranched alkanes of at least 4 members (excludes halogenated alkanes) is 11. The number of carbonyl (C=O) groups excluding carboxylic acids is 1. The summed E-state index contributed by atoms with van der Waals surface area (Å²) < 4.78 is 11.7. The van der Waals surface area contributed by atoms with Crippen molar-refractivity contribution in [1.29, 1.82) is 0 Å². The molecule has 39 heavy (non-hydrogen) atoms. The molecule has 0 aliphatic carbocycles. The molecular weight excluding hydrogens is 528 g/mol. The van der Waals surface area contributed by atoms with Gasteiger partial charge in [-0.2, -0.15) is 0 Å². The van der Waals surface area contributed by atoms with Gasteiger partial charge in [-0.25, -0.2) is 0 Å². The zero-order chi connectivity index (χ0) is 27.5. The van der Waals surface area contributed by atoms with E-state index in [1.54, 1.807) is 30.0 Å². The van der Waals surface area contributed by atoms with Crippen LogP contribution in [-0.2, 0) is 11.3 Å². The van der Waals surface area contributed by atoms with Crippen molar-refractivity contribution in [2.75, 3.05) is 24.4 Å². The molecule has 5 nitrogen and oxygen atoms in total. The van der Waals surface area contributed by atoms with Gasteiger partial charge >= 0.3 is 0 Å². The molecule has 0 radical (unpaired) electrons. The standard InChI is InChI=1S/C32H45ClN2O3S/c1-2-3-4-5-6-7-8-9-10-11-12-15-21-37-31-23-28(18-19-29(31)33)38-25-32(36)34-30-17-14-13-16-27(30)24-35-20-22-39-26-35/h13-14,16-20,22-23H,2-12,15,21,24-26H2,1H3,(H,34,36). The number of hydrogen-bond acceptors (Lipinski definition) is 5. The van der Waals surface area contributed by atoms with Gasteiger partial charge in [-0.3, -0.25) is 4.79 Å². The molecule has 7 heteroatoms. The minimum Gasteiger partial charge on any atom is -0.492 e. The summed E-state index contributed by atoms with van der Waals surface area (Å²) in [5.74, 6) is 1.88. The third-order valence-electron chi connectivity index (χ3n) is 6.80. The Kier molecular flexibility index (Phi) is 15.1. The Bertz CT molecular complexity index is 1020. The van der Waals surface area contributed by atoms with E-state index in [9.17, 15) is 4.79 Å². The Morgan fingerprint density at radius 2 is 1.62 bits per heavy atom. The summed E-state index contributed by atoms with van der Waals surface area (Å²) in [6, 6.07) is 13.1. The van der Waals surface area contributed by atoms with Crippen LogP contribution in [0.5, 0.6) is 11.5 Å². The second-order valence-electron chi connectivity index (χ2n) is 10.2. The highest BCUT2D eigenvalue weighted by molar-refractivity contribution is 8.02. The molecule has 1 aliphatic heterocycles. The number of benzene rings is 2. The van der Waals surface area contributed by atoms with E-state index in [1.165, 1.54) is 70.6 Å². The first kappa shape index (κ1) is 31.2. The number of anilines is 1. The monoisotopic (exact) mass is 572 g/mol. The van der Waals surface area contributed by atoms with Gasteiger partial charge in [-0.05, 0) is 35.6 Å². The Hall–Kier alpha value is -2.31.